The molecule has 1 rings (SSSR count). The van der Waals surface area contributed by atoms with E-state index in [1.165, 1.54) is 6.92 Å². The van der Waals surface area contributed by atoms with Crippen LogP contribution in [0.2, 0.25) is 10.0 Å². The topological polar surface area (TPSA) is 129 Å². The molecule has 0 saturated heterocycles. The monoisotopic (exact) mass is 583 g/mol. The molecule has 1 unspecified atom stereocenters. The van der Waals surface area contributed by atoms with Gasteiger partial charge in [0.1, 0.15) is 0 Å². The van der Waals surface area contributed by atoms with Gasteiger partial charge in [0, 0.05) is 13.5 Å². The predicted molar refractivity (Wildman–Crippen MR) is 138 cm³/mol. The molecule has 0 bridgehead atoms. The molecule has 0 aliphatic heterocycles. The highest BCUT2D eigenvalue weighted by Crippen LogP contribution is 2.55. The number of amides is 1. The summed E-state index contributed by atoms with van der Waals surface area (Å²) in [5, 5.41) is 10.9. The first-order chi connectivity index (χ1) is 16.9. The van der Waals surface area contributed by atoms with Crippen molar-refractivity contribution in [2.24, 2.45) is 10.8 Å². The summed E-state index contributed by atoms with van der Waals surface area (Å²) < 4.78 is 35.3. The van der Waals surface area contributed by atoms with Gasteiger partial charge in [0.25, 0.3) is 0 Å². The minimum absolute atomic E-state index is 0.0476. The summed E-state index contributed by atoms with van der Waals surface area (Å²) in [5.74, 6) is -1.82. The van der Waals surface area contributed by atoms with Crippen LogP contribution in [0.25, 0.3) is 0 Å². The summed E-state index contributed by atoms with van der Waals surface area (Å²) in [6.07, 6.45) is 0.00832. The first-order valence-corrected chi connectivity index (χ1v) is 13.9. The van der Waals surface area contributed by atoms with Crippen LogP contribution in [-0.2, 0) is 43.9 Å². The van der Waals surface area contributed by atoms with E-state index in [9.17, 15) is 24.2 Å². The van der Waals surface area contributed by atoms with Crippen LogP contribution >= 0.6 is 30.8 Å². The van der Waals surface area contributed by atoms with E-state index in [2.05, 4.69) is 0 Å². The maximum atomic E-state index is 14.0. The Morgan fingerprint density at radius 3 is 1.84 bits per heavy atom. The number of hydrogen-bond acceptors (Lipinski definition) is 9. The number of carbonyl (C=O) groups is 3. The van der Waals surface area contributed by atoms with E-state index in [4.69, 9.17) is 41.7 Å². The molecule has 0 aliphatic carbocycles. The molecule has 0 fully saturated rings. The molecule has 1 aromatic rings. The third kappa shape index (κ3) is 11.3. The van der Waals surface area contributed by atoms with Crippen molar-refractivity contribution in [3.05, 3.63) is 33.8 Å². The van der Waals surface area contributed by atoms with Crippen LogP contribution in [0, 0.1) is 10.8 Å². The van der Waals surface area contributed by atoms with E-state index >= 15 is 0 Å². The Morgan fingerprint density at radius 2 is 1.43 bits per heavy atom. The number of esters is 2. The molecule has 37 heavy (non-hydrogen) atoms. The summed E-state index contributed by atoms with van der Waals surface area (Å²) in [6.45, 7) is 9.40. The number of benzene rings is 1. The van der Waals surface area contributed by atoms with Crippen LogP contribution in [0.4, 0.5) is 0 Å². The maximum Gasteiger partial charge on any atom is 0.339 e. The lowest BCUT2D eigenvalue weighted by atomic mass is 9.98. The summed E-state index contributed by atoms with van der Waals surface area (Å²) in [4.78, 5) is 35.9. The van der Waals surface area contributed by atoms with Crippen LogP contribution in [0.15, 0.2) is 18.2 Å². The number of ether oxygens (including phenoxy) is 2. The van der Waals surface area contributed by atoms with E-state index in [0.29, 0.717) is 15.6 Å². The first kappa shape index (κ1) is 33.3. The van der Waals surface area contributed by atoms with Gasteiger partial charge in [-0.1, -0.05) is 29.3 Å². The van der Waals surface area contributed by atoms with Crippen molar-refractivity contribution in [2.75, 3.05) is 20.1 Å². The summed E-state index contributed by atoms with van der Waals surface area (Å²) >= 11 is 12.1. The molecule has 10 nitrogen and oxygen atoms in total. The summed E-state index contributed by atoms with van der Waals surface area (Å²) in [5.41, 5.74) is -2.04. The van der Waals surface area contributed by atoms with Crippen molar-refractivity contribution < 1.29 is 42.7 Å². The van der Waals surface area contributed by atoms with Crippen LogP contribution in [0.3, 0.4) is 0 Å². The molecular formula is C24H36Cl2NO9P. The van der Waals surface area contributed by atoms with Gasteiger partial charge in [-0.2, -0.15) is 0 Å². The van der Waals surface area contributed by atoms with Crippen molar-refractivity contribution in [1.82, 2.24) is 5.06 Å². The van der Waals surface area contributed by atoms with E-state index in [-0.39, 0.29) is 24.4 Å². The molecule has 0 radical (unpaired) electrons. The Labute approximate surface area is 228 Å². The van der Waals surface area contributed by atoms with Crippen LogP contribution in [0.1, 0.15) is 60.5 Å². The average molecular weight is 584 g/mol. The molecule has 1 N–H and O–H groups in total. The second kappa shape index (κ2) is 13.9. The van der Waals surface area contributed by atoms with Gasteiger partial charge in [-0.25, -0.2) is 5.06 Å². The van der Waals surface area contributed by atoms with Crippen LogP contribution in [-0.4, -0.2) is 53.9 Å². The fourth-order valence-corrected chi connectivity index (χ4v) is 4.81. The van der Waals surface area contributed by atoms with Crippen molar-refractivity contribution in [3.8, 4) is 0 Å². The fraction of sp³-hybridized carbons (Fsp3) is 0.625. The number of hydroxylamine groups is 2. The molecule has 0 spiro atoms. The van der Waals surface area contributed by atoms with Crippen molar-refractivity contribution in [3.63, 3.8) is 0 Å². The Kier molecular flexibility index (Phi) is 12.5. The van der Waals surface area contributed by atoms with Gasteiger partial charge in [-0.05, 0) is 72.1 Å². The highest BCUT2D eigenvalue weighted by atomic mass is 35.5. The Hall–Kier alpha value is -1.68. The van der Waals surface area contributed by atoms with Gasteiger partial charge in [-0.3, -0.25) is 33.2 Å². The number of rotatable bonds is 12. The van der Waals surface area contributed by atoms with Crippen molar-refractivity contribution >= 4 is 48.6 Å². The summed E-state index contributed by atoms with van der Waals surface area (Å²) in [7, 11) is -4.20. The van der Waals surface area contributed by atoms with Crippen molar-refractivity contribution in [2.45, 2.75) is 67.0 Å². The third-order valence-electron chi connectivity index (χ3n) is 5.01. The smallest absolute Gasteiger partial charge is 0.339 e. The standard InChI is InChI=1S/C24H36Cl2NO9P/c1-16(28)27(31)11-10-18(12-17-8-9-19(25)20(26)13-17)37(32,35-14-33-21(29)23(2,3)4)36-15-34-22(30)24(5,6)7/h8-9,13,18,31H,10-12,14-15H2,1-7H3. The van der Waals surface area contributed by atoms with E-state index in [1.54, 1.807) is 59.7 Å². The SMILES string of the molecule is CC(=O)N(O)CCC(Cc1ccc(Cl)c(Cl)c1)P(=O)(OCOC(=O)C(C)(C)C)OCOC(=O)C(C)(C)C. The second-order valence-corrected chi connectivity index (χ2v) is 13.6. The summed E-state index contributed by atoms with van der Waals surface area (Å²) in [6, 6.07) is 4.79. The predicted octanol–water partition coefficient (Wildman–Crippen LogP) is 5.85. The zero-order valence-electron chi connectivity index (χ0n) is 22.2. The van der Waals surface area contributed by atoms with Gasteiger partial charge in [0.2, 0.25) is 19.5 Å². The van der Waals surface area contributed by atoms with Crippen molar-refractivity contribution in [1.29, 1.82) is 0 Å². The molecule has 0 heterocycles. The molecule has 1 amide bonds. The van der Waals surface area contributed by atoms with Gasteiger partial charge in [0.05, 0.1) is 26.5 Å². The zero-order chi connectivity index (χ0) is 28.6. The minimum atomic E-state index is -4.20. The molecule has 210 valence electrons. The van der Waals surface area contributed by atoms with Gasteiger partial charge < -0.3 is 9.47 Å². The molecule has 1 atom stereocenters. The van der Waals surface area contributed by atoms with E-state index in [0.717, 1.165) is 0 Å². The van der Waals surface area contributed by atoms with E-state index in [1.807, 2.05) is 0 Å². The lowest BCUT2D eigenvalue weighted by molar-refractivity contribution is -0.164. The van der Waals surface area contributed by atoms with Gasteiger partial charge in [0.15, 0.2) is 0 Å². The number of hydrogen-bond donors (Lipinski definition) is 1. The fourth-order valence-electron chi connectivity index (χ4n) is 2.73. The second-order valence-electron chi connectivity index (χ2n) is 10.4. The number of halogens is 2. The lowest BCUT2D eigenvalue weighted by Gasteiger charge is -2.28. The Bertz CT molecular complexity index is 969. The zero-order valence-corrected chi connectivity index (χ0v) is 24.6. The molecule has 0 saturated carbocycles. The average Bonchev–Trinajstić information content (AvgIpc) is 2.77. The quantitative estimate of drug-likeness (QED) is 0.106. The number of nitrogens with zero attached hydrogens (tertiary/aromatic N) is 1. The molecule has 13 heteroatoms. The highest BCUT2D eigenvalue weighted by Gasteiger charge is 2.38. The third-order valence-corrected chi connectivity index (χ3v) is 8.02. The normalized spacial score (nSPS) is 13.1. The minimum Gasteiger partial charge on any atom is -0.438 e. The largest absolute Gasteiger partial charge is 0.438 e. The Morgan fingerprint density at radius 1 is 0.946 bits per heavy atom. The lowest BCUT2D eigenvalue weighted by Crippen LogP contribution is -2.30. The van der Waals surface area contributed by atoms with Gasteiger partial charge >= 0.3 is 19.5 Å². The number of carbonyl (C=O) groups excluding carboxylic acids is 3. The molecular weight excluding hydrogens is 548 g/mol. The maximum absolute atomic E-state index is 14.0. The van der Waals surface area contributed by atoms with E-state index < -0.39 is 55.5 Å². The molecule has 1 aromatic carbocycles. The molecule has 0 aromatic heterocycles. The first-order valence-electron chi connectivity index (χ1n) is 11.5. The van der Waals surface area contributed by atoms with Gasteiger partial charge in [-0.15, -0.1) is 0 Å². The van der Waals surface area contributed by atoms with Crippen LogP contribution in [0.5, 0.6) is 0 Å². The molecule has 0 aliphatic rings. The Balaban J connectivity index is 3.25. The van der Waals surface area contributed by atoms with Crippen LogP contribution < -0.4 is 0 Å². The highest BCUT2D eigenvalue weighted by molar-refractivity contribution is 7.54.